The summed E-state index contributed by atoms with van der Waals surface area (Å²) >= 11 is 0. The average molecular weight is 404 g/mol. The number of rotatable bonds is 6. The number of sulfonamides is 1. The summed E-state index contributed by atoms with van der Waals surface area (Å²) in [7, 11) is -3.79. The summed E-state index contributed by atoms with van der Waals surface area (Å²) in [6, 6.07) is 9.79. The van der Waals surface area contributed by atoms with E-state index in [1.54, 1.807) is 12.1 Å². The van der Waals surface area contributed by atoms with E-state index in [2.05, 4.69) is 0 Å². The molecular formula is C19H20N2O6S. The molecule has 0 bridgehead atoms. The molecule has 0 spiro atoms. The number of nitro groups is 1. The molecule has 0 atom stereocenters. The van der Waals surface area contributed by atoms with Crippen LogP contribution in [-0.2, 0) is 10.0 Å². The molecule has 1 fully saturated rings. The number of ether oxygens (including phenoxy) is 1. The average Bonchev–Trinajstić information content (AvgIpc) is 2.69. The number of nitrogens with zero attached hydrogens (tertiary/aromatic N) is 2. The van der Waals surface area contributed by atoms with Crippen LogP contribution in [0.25, 0.3) is 0 Å². The fraction of sp³-hybridized carbons (Fsp3) is 0.316. The Kier molecular flexibility index (Phi) is 5.76. The minimum Gasteiger partial charge on any atom is -0.450 e. The fourth-order valence-corrected chi connectivity index (χ4v) is 4.56. The zero-order chi connectivity index (χ0) is 20.3. The molecule has 9 heteroatoms. The van der Waals surface area contributed by atoms with Crippen molar-refractivity contribution in [2.45, 2.75) is 31.1 Å². The monoisotopic (exact) mass is 404 g/mol. The molecule has 2 aromatic rings. The van der Waals surface area contributed by atoms with Gasteiger partial charge in [0.25, 0.3) is 0 Å². The summed E-state index contributed by atoms with van der Waals surface area (Å²) in [5.74, 6) is 0.128. The van der Waals surface area contributed by atoms with E-state index in [1.165, 1.54) is 35.5 Å². The Morgan fingerprint density at radius 2 is 1.71 bits per heavy atom. The molecule has 3 rings (SSSR count). The van der Waals surface area contributed by atoms with Crippen molar-refractivity contribution in [3.63, 3.8) is 0 Å². The first-order chi connectivity index (χ1) is 13.3. The van der Waals surface area contributed by atoms with Crippen molar-refractivity contribution in [1.82, 2.24) is 4.31 Å². The van der Waals surface area contributed by atoms with E-state index in [0.717, 1.165) is 25.3 Å². The molecular weight excluding hydrogens is 384 g/mol. The van der Waals surface area contributed by atoms with Gasteiger partial charge in [-0.25, -0.2) is 8.42 Å². The second-order valence-corrected chi connectivity index (χ2v) is 8.47. The van der Waals surface area contributed by atoms with Gasteiger partial charge in [0.15, 0.2) is 5.78 Å². The lowest BCUT2D eigenvalue weighted by Crippen LogP contribution is -2.35. The molecule has 0 aliphatic carbocycles. The van der Waals surface area contributed by atoms with Gasteiger partial charge in [-0.3, -0.25) is 14.9 Å². The van der Waals surface area contributed by atoms with Crippen LogP contribution in [0.1, 0.15) is 36.5 Å². The first-order valence-electron chi connectivity index (χ1n) is 8.86. The maximum absolute atomic E-state index is 12.8. The number of benzene rings is 2. The van der Waals surface area contributed by atoms with Gasteiger partial charge >= 0.3 is 5.69 Å². The molecule has 2 aromatic carbocycles. The van der Waals surface area contributed by atoms with Crippen LogP contribution in [0.3, 0.4) is 0 Å². The van der Waals surface area contributed by atoms with Gasteiger partial charge in [0.1, 0.15) is 5.75 Å². The van der Waals surface area contributed by atoms with Gasteiger partial charge in [-0.15, -0.1) is 0 Å². The smallest absolute Gasteiger partial charge is 0.312 e. The standard InChI is InChI=1S/C19H20N2O6S/c1-14(22)15-5-7-16(8-6-15)27-19-10-9-17(13-18(19)21(23)24)28(25,26)20-11-3-2-4-12-20/h5-10,13H,2-4,11-12H2,1H3. The Bertz CT molecular complexity index is 996. The van der Waals surface area contributed by atoms with Crippen molar-refractivity contribution in [2.75, 3.05) is 13.1 Å². The molecule has 0 aromatic heterocycles. The van der Waals surface area contributed by atoms with Crippen LogP contribution in [0.4, 0.5) is 5.69 Å². The number of hydrogen-bond donors (Lipinski definition) is 0. The number of carbonyl (C=O) groups is 1. The number of carbonyl (C=O) groups excluding carboxylic acids is 1. The summed E-state index contributed by atoms with van der Waals surface area (Å²) in [6.07, 6.45) is 2.53. The van der Waals surface area contributed by atoms with Crippen molar-refractivity contribution in [2.24, 2.45) is 0 Å². The topological polar surface area (TPSA) is 107 Å². The molecule has 148 valence electrons. The Balaban J connectivity index is 1.91. The lowest BCUT2D eigenvalue weighted by atomic mass is 10.1. The number of nitro benzene ring substituents is 1. The maximum Gasteiger partial charge on any atom is 0.312 e. The zero-order valence-electron chi connectivity index (χ0n) is 15.3. The molecule has 8 nitrogen and oxygen atoms in total. The number of ketones is 1. The van der Waals surface area contributed by atoms with E-state index in [0.29, 0.717) is 24.4 Å². The van der Waals surface area contributed by atoms with E-state index < -0.39 is 20.6 Å². The molecule has 0 radical (unpaired) electrons. The third-order valence-electron chi connectivity index (χ3n) is 4.57. The quantitative estimate of drug-likeness (QED) is 0.412. The van der Waals surface area contributed by atoms with Gasteiger partial charge in [0.2, 0.25) is 15.8 Å². The van der Waals surface area contributed by atoms with Crippen LogP contribution < -0.4 is 4.74 Å². The third kappa shape index (κ3) is 4.20. The van der Waals surface area contributed by atoms with Crippen LogP contribution in [0.15, 0.2) is 47.4 Å². The van der Waals surface area contributed by atoms with Gasteiger partial charge in [-0.2, -0.15) is 4.31 Å². The summed E-state index contributed by atoms with van der Waals surface area (Å²) in [6.45, 7) is 2.26. The minimum absolute atomic E-state index is 0.0711. The van der Waals surface area contributed by atoms with Crippen molar-refractivity contribution < 1.29 is 22.9 Å². The Hall–Kier alpha value is -2.78. The lowest BCUT2D eigenvalue weighted by molar-refractivity contribution is -0.385. The lowest BCUT2D eigenvalue weighted by Gasteiger charge is -2.25. The molecule has 1 aliphatic rings. The first kappa shape index (κ1) is 20.0. The zero-order valence-corrected chi connectivity index (χ0v) is 16.1. The van der Waals surface area contributed by atoms with Gasteiger partial charge in [0.05, 0.1) is 9.82 Å². The van der Waals surface area contributed by atoms with E-state index >= 15 is 0 Å². The van der Waals surface area contributed by atoms with Crippen molar-refractivity contribution in [3.05, 3.63) is 58.1 Å². The highest BCUT2D eigenvalue weighted by molar-refractivity contribution is 7.89. The molecule has 0 unspecified atom stereocenters. The Morgan fingerprint density at radius 1 is 1.07 bits per heavy atom. The number of Topliss-reactive ketones (excluding diaryl/α,β-unsaturated/α-hetero) is 1. The van der Waals surface area contributed by atoms with E-state index in [1.807, 2.05) is 0 Å². The van der Waals surface area contributed by atoms with Crippen molar-refractivity contribution in [3.8, 4) is 11.5 Å². The molecule has 0 saturated carbocycles. The molecule has 28 heavy (non-hydrogen) atoms. The van der Waals surface area contributed by atoms with Crippen LogP contribution in [0.2, 0.25) is 0 Å². The Labute approximate surface area is 162 Å². The predicted octanol–water partition coefficient (Wildman–Crippen LogP) is 3.76. The normalized spacial score (nSPS) is 15.2. The van der Waals surface area contributed by atoms with Crippen LogP contribution in [0.5, 0.6) is 11.5 Å². The largest absolute Gasteiger partial charge is 0.450 e. The van der Waals surface area contributed by atoms with Crippen molar-refractivity contribution >= 4 is 21.5 Å². The molecule has 1 heterocycles. The van der Waals surface area contributed by atoms with Gasteiger partial charge < -0.3 is 4.74 Å². The summed E-state index contributed by atoms with van der Waals surface area (Å²) in [4.78, 5) is 22.0. The third-order valence-corrected chi connectivity index (χ3v) is 6.46. The van der Waals surface area contributed by atoms with Crippen molar-refractivity contribution in [1.29, 1.82) is 0 Å². The second-order valence-electron chi connectivity index (χ2n) is 6.53. The SMILES string of the molecule is CC(=O)c1ccc(Oc2ccc(S(=O)(=O)N3CCCCC3)cc2[N+](=O)[O-])cc1. The van der Waals surface area contributed by atoms with Gasteiger partial charge in [-0.05, 0) is 56.2 Å². The number of hydrogen-bond acceptors (Lipinski definition) is 6. The minimum atomic E-state index is -3.79. The highest BCUT2D eigenvalue weighted by atomic mass is 32.2. The highest BCUT2D eigenvalue weighted by Crippen LogP contribution is 2.34. The molecule has 0 N–H and O–H groups in total. The molecule has 1 saturated heterocycles. The van der Waals surface area contributed by atoms with E-state index in [4.69, 9.17) is 4.74 Å². The molecule has 0 amide bonds. The van der Waals surface area contributed by atoms with Crippen LogP contribution in [-0.4, -0.2) is 36.5 Å². The summed E-state index contributed by atoms with van der Waals surface area (Å²) in [5.41, 5.74) is 0.0542. The van der Waals surface area contributed by atoms with E-state index in [-0.39, 0.29) is 16.4 Å². The predicted molar refractivity (Wildman–Crippen MR) is 102 cm³/mol. The van der Waals surface area contributed by atoms with E-state index in [9.17, 15) is 23.3 Å². The van der Waals surface area contributed by atoms with Crippen LogP contribution in [0, 0.1) is 10.1 Å². The van der Waals surface area contributed by atoms with Gasteiger partial charge in [-0.1, -0.05) is 6.42 Å². The highest BCUT2D eigenvalue weighted by Gasteiger charge is 2.29. The Morgan fingerprint density at radius 3 is 2.29 bits per heavy atom. The molecule has 1 aliphatic heterocycles. The fourth-order valence-electron chi connectivity index (χ4n) is 3.03. The first-order valence-corrected chi connectivity index (χ1v) is 10.3. The van der Waals surface area contributed by atoms with Gasteiger partial charge in [0, 0.05) is 24.7 Å². The number of piperidine rings is 1. The summed E-state index contributed by atoms with van der Waals surface area (Å²) < 4.78 is 32.4. The second kappa shape index (κ2) is 8.07. The van der Waals surface area contributed by atoms with Crippen LogP contribution >= 0.6 is 0 Å². The maximum atomic E-state index is 12.8. The summed E-state index contributed by atoms with van der Waals surface area (Å²) in [5, 5.41) is 11.5.